The fourth-order valence-corrected chi connectivity index (χ4v) is 2.24. The van der Waals surface area contributed by atoms with Crippen LogP contribution in [-0.2, 0) is 4.74 Å². The predicted molar refractivity (Wildman–Crippen MR) is 106 cm³/mol. The molecule has 2 aromatic rings. The van der Waals surface area contributed by atoms with Crippen LogP contribution in [-0.4, -0.2) is 29.0 Å². The summed E-state index contributed by atoms with van der Waals surface area (Å²) in [7, 11) is 0. The summed E-state index contributed by atoms with van der Waals surface area (Å²) in [5, 5.41) is 2.27. The van der Waals surface area contributed by atoms with E-state index in [1.807, 2.05) is 0 Å². The molecule has 2 amide bonds. The number of aliphatic imine (C=N–C) groups is 1. The first kappa shape index (κ1) is 23.8. The number of carbonyl (C=O) groups is 1. The smallest absolute Gasteiger partial charge is 0.428 e. The largest absolute Gasteiger partial charge is 0.474 e. The van der Waals surface area contributed by atoms with Gasteiger partial charge in [-0.15, -0.1) is 0 Å². The van der Waals surface area contributed by atoms with E-state index < -0.39 is 46.2 Å². The van der Waals surface area contributed by atoms with Gasteiger partial charge in [-0.05, 0) is 38.1 Å². The van der Waals surface area contributed by atoms with Gasteiger partial charge in [0.2, 0.25) is 10.7 Å². The standard InChI is InChI=1S/C19H16Cl2F4N2O3/c1-10(2)29-16(15-13(22)7-4-8-14(15)23)27-18(28)26-11-5-3-6-12(9-11)30-19(24,25)17(20)21/h3-10,17H,1-2H3,(H,26,28)/b27-16-. The van der Waals surface area contributed by atoms with Gasteiger partial charge in [0.1, 0.15) is 22.9 Å². The van der Waals surface area contributed by atoms with Crippen molar-refractivity contribution in [2.75, 3.05) is 5.32 Å². The van der Waals surface area contributed by atoms with E-state index in [-0.39, 0.29) is 11.4 Å². The Morgan fingerprint density at radius 2 is 1.70 bits per heavy atom. The van der Waals surface area contributed by atoms with E-state index in [0.29, 0.717) is 0 Å². The van der Waals surface area contributed by atoms with Gasteiger partial charge in [0, 0.05) is 11.8 Å². The number of halogens is 6. The summed E-state index contributed by atoms with van der Waals surface area (Å²) in [5.41, 5.74) is -0.607. The Labute approximate surface area is 179 Å². The molecule has 0 aliphatic heterocycles. The van der Waals surface area contributed by atoms with Crippen LogP contribution in [0.15, 0.2) is 47.5 Å². The van der Waals surface area contributed by atoms with Crippen LogP contribution in [0.1, 0.15) is 19.4 Å². The normalized spacial score (nSPS) is 12.3. The van der Waals surface area contributed by atoms with Crippen LogP contribution in [0.3, 0.4) is 0 Å². The number of hydrogen-bond donors (Lipinski definition) is 1. The van der Waals surface area contributed by atoms with Gasteiger partial charge < -0.3 is 14.8 Å². The molecule has 0 saturated heterocycles. The Bertz CT molecular complexity index is 919. The molecule has 162 valence electrons. The van der Waals surface area contributed by atoms with Crippen molar-refractivity contribution in [2.45, 2.75) is 30.9 Å². The van der Waals surface area contributed by atoms with Crippen LogP contribution < -0.4 is 10.1 Å². The molecule has 0 spiro atoms. The Morgan fingerprint density at radius 1 is 1.10 bits per heavy atom. The fraction of sp³-hybridized carbons (Fsp3) is 0.263. The second-order valence-corrected chi connectivity index (χ2v) is 7.20. The highest BCUT2D eigenvalue weighted by molar-refractivity contribution is 6.44. The van der Waals surface area contributed by atoms with E-state index >= 15 is 0 Å². The van der Waals surface area contributed by atoms with Crippen LogP contribution in [0, 0.1) is 11.6 Å². The summed E-state index contributed by atoms with van der Waals surface area (Å²) in [6.07, 6.45) is -4.42. The van der Waals surface area contributed by atoms with E-state index in [0.717, 1.165) is 24.3 Å². The number of anilines is 1. The Morgan fingerprint density at radius 3 is 2.27 bits per heavy atom. The molecular weight excluding hydrogens is 451 g/mol. The lowest BCUT2D eigenvalue weighted by Gasteiger charge is -2.19. The Kier molecular flexibility index (Phi) is 7.91. The molecule has 0 radical (unpaired) electrons. The number of urea groups is 1. The Balaban J connectivity index is 2.27. The third kappa shape index (κ3) is 6.50. The first-order valence-electron chi connectivity index (χ1n) is 8.45. The molecule has 0 unspecified atom stereocenters. The molecular formula is C19H16Cl2F4N2O3. The minimum absolute atomic E-state index is 0.00986. The molecule has 0 atom stereocenters. The SMILES string of the molecule is CC(C)O/C(=N\C(=O)Nc1cccc(OC(F)(F)C(Cl)Cl)c1)c1c(F)cccc1F. The zero-order valence-corrected chi connectivity index (χ0v) is 17.1. The second-order valence-electron chi connectivity index (χ2n) is 6.10. The molecule has 0 saturated carbocycles. The van der Waals surface area contributed by atoms with Gasteiger partial charge in [-0.2, -0.15) is 13.8 Å². The molecule has 0 aliphatic rings. The van der Waals surface area contributed by atoms with Crippen molar-refractivity contribution in [1.82, 2.24) is 0 Å². The van der Waals surface area contributed by atoms with Gasteiger partial charge >= 0.3 is 12.1 Å². The number of alkyl halides is 4. The first-order valence-corrected chi connectivity index (χ1v) is 9.32. The maximum absolute atomic E-state index is 14.1. The average Bonchev–Trinajstić information content (AvgIpc) is 2.60. The highest BCUT2D eigenvalue weighted by atomic mass is 35.5. The van der Waals surface area contributed by atoms with Gasteiger partial charge in [0.05, 0.1) is 6.10 Å². The summed E-state index contributed by atoms with van der Waals surface area (Å²) < 4.78 is 64.8. The van der Waals surface area contributed by atoms with Crippen LogP contribution in [0.4, 0.5) is 28.0 Å². The predicted octanol–water partition coefficient (Wildman–Crippen LogP) is 6.14. The van der Waals surface area contributed by atoms with E-state index in [9.17, 15) is 22.4 Å². The van der Waals surface area contributed by atoms with Gasteiger partial charge in [-0.1, -0.05) is 35.3 Å². The summed E-state index contributed by atoms with van der Waals surface area (Å²) in [5.74, 6) is -2.87. The first-order chi connectivity index (χ1) is 14.0. The van der Waals surface area contributed by atoms with Crippen molar-refractivity contribution in [3.05, 3.63) is 59.7 Å². The Hall–Kier alpha value is -2.52. The molecule has 0 fully saturated rings. The molecule has 5 nitrogen and oxygen atoms in total. The lowest BCUT2D eigenvalue weighted by Crippen LogP contribution is -2.32. The molecule has 30 heavy (non-hydrogen) atoms. The summed E-state index contributed by atoms with van der Waals surface area (Å²) in [6.45, 7) is 3.16. The molecule has 0 bridgehead atoms. The number of amides is 2. The van der Waals surface area contributed by atoms with Crippen molar-refractivity contribution in [3.8, 4) is 5.75 Å². The van der Waals surface area contributed by atoms with Crippen molar-refractivity contribution in [2.24, 2.45) is 4.99 Å². The lowest BCUT2D eigenvalue weighted by atomic mass is 10.2. The average molecular weight is 467 g/mol. The number of nitrogens with one attached hydrogen (secondary N) is 1. The molecule has 0 heterocycles. The van der Waals surface area contributed by atoms with Gasteiger partial charge in [0.25, 0.3) is 0 Å². The monoisotopic (exact) mass is 466 g/mol. The van der Waals surface area contributed by atoms with Crippen LogP contribution in [0.25, 0.3) is 0 Å². The number of rotatable bonds is 6. The maximum Gasteiger partial charge on any atom is 0.428 e. The van der Waals surface area contributed by atoms with E-state index in [1.165, 1.54) is 18.2 Å². The second kappa shape index (κ2) is 9.99. The van der Waals surface area contributed by atoms with E-state index in [4.69, 9.17) is 27.9 Å². The summed E-state index contributed by atoms with van der Waals surface area (Å²) >= 11 is 10.3. The third-order valence-corrected chi connectivity index (χ3v) is 3.83. The zero-order chi connectivity index (χ0) is 22.5. The minimum Gasteiger partial charge on any atom is -0.474 e. The molecule has 2 rings (SSSR count). The van der Waals surface area contributed by atoms with Crippen molar-refractivity contribution < 1.29 is 31.8 Å². The quantitative estimate of drug-likeness (QED) is 0.240. The zero-order valence-electron chi connectivity index (χ0n) is 15.6. The van der Waals surface area contributed by atoms with E-state index in [1.54, 1.807) is 13.8 Å². The van der Waals surface area contributed by atoms with Gasteiger partial charge in [-0.25, -0.2) is 13.6 Å². The summed E-state index contributed by atoms with van der Waals surface area (Å²) in [4.78, 5) is 13.7. The van der Waals surface area contributed by atoms with Crippen LogP contribution in [0.5, 0.6) is 5.75 Å². The number of hydrogen-bond acceptors (Lipinski definition) is 3. The summed E-state index contributed by atoms with van der Waals surface area (Å²) in [6, 6.07) is 6.96. The highest BCUT2D eigenvalue weighted by Crippen LogP contribution is 2.31. The molecule has 1 N–H and O–H groups in total. The van der Waals surface area contributed by atoms with Gasteiger partial charge in [0.15, 0.2) is 0 Å². The van der Waals surface area contributed by atoms with Gasteiger partial charge in [-0.3, -0.25) is 0 Å². The number of nitrogens with zero attached hydrogens (tertiary/aromatic N) is 1. The van der Waals surface area contributed by atoms with Crippen molar-refractivity contribution >= 4 is 40.8 Å². The highest BCUT2D eigenvalue weighted by Gasteiger charge is 2.40. The van der Waals surface area contributed by atoms with Crippen LogP contribution >= 0.6 is 23.2 Å². The topological polar surface area (TPSA) is 59.9 Å². The van der Waals surface area contributed by atoms with Crippen molar-refractivity contribution in [3.63, 3.8) is 0 Å². The van der Waals surface area contributed by atoms with Crippen molar-refractivity contribution in [1.29, 1.82) is 0 Å². The van der Waals surface area contributed by atoms with E-state index in [2.05, 4.69) is 15.0 Å². The minimum atomic E-state index is -3.87. The molecule has 0 aromatic heterocycles. The number of ether oxygens (including phenoxy) is 2. The number of benzene rings is 2. The maximum atomic E-state index is 14.1. The fourth-order valence-electron chi connectivity index (χ4n) is 2.15. The third-order valence-electron chi connectivity index (χ3n) is 3.32. The lowest BCUT2D eigenvalue weighted by molar-refractivity contribution is -0.163. The molecule has 2 aromatic carbocycles. The molecule has 11 heteroatoms. The molecule has 0 aliphatic carbocycles. The van der Waals surface area contributed by atoms with Crippen LogP contribution in [0.2, 0.25) is 0 Å². The number of carbonyl (C=O) groups excluding carboxylic acids is 1.